The molecule has 0 bridgehead atoms. The lowest BCUT2D eigenvalue weighted by Crippen LogP contribution is -2.23. The number of hydrogen-bond donors (Lipinski definition) is 2. The summed E-state index contributed by atoms with van der Waals surface area (Å²) in [5.74, 6) is 0.952. The van der Waals surface area contributed by atoms with Crippen LogP contribution in [0.15, 0.2) is 0 Å². The Balaban J connectivity index is 1.72. The van der Waals surface area contributed by atoms with E-state index in [0.29, 0.717) is 6.04 Å². The van der Waals surface area contributed by atoms with Crippen LogP contribution in [-0.2, 0) is 0 Å². The van der Waals surface area contributed by atoms with E-state index in [4.69, 9.17) is 0 Å². The van der Waals surface area contributed by atoms with Crippen LogP contribution in [0.4, 0.5) is 0 Å². The summed E-state index contributed by atoms with van der Waals surface area (Å²) in [6, 6.07) is 0.614. The average Bonchev–Trinajstić information content (AvgIpc) is 2.63. The van der Waals surface area contributed by atoms with E-state index < -0.39 is 0 Å². The molecule has 1 saturated heterocycles. The molecule has 2 nitrogen and oxygen atoms in total. The van der Waals surface area contributed by atoms with Gasteiger partial charge < -0.3 is 10.4 Å². The Bertz CT molecular complexity index is 143. The number of rotatable bonds is 2. The summed E-state index contributed by atoms with van der Waals surface area (Å²) < 4.78 is 0. The van der Waals surface area contributed by atoms with Gasteiger partial charge in [0, 0.05) is 12.6 Å². The number of aliphatic hydroxyl groups excluding tert-OH is 1. The van der Waals surface area contributed by atoms with Gasteiger partial charge in [-0.25, -0.2) is 0 Å². The first-order chi connectivity index (χ1) is 5.84. The molecule has 12 heavy (non-hydrogen) atoms. The van der Waals surface area contributed by atoms with Crippen molar-refractivity contribution in [2.75, 3.05) is 6.54 Å². The smallest absolute Gasteiger partial charge is 0.0679 e. The molecule has 1 aliphatic heterocycles. The molecule has 70 valence electrons. The predicted octanol–water partition coefficient (Wildman–Crippen LogP) is 1.29. The third kappa shape index (κ3) is 1.99. The summed E-state index contributed by atoms with van der Waals surface area (Å²) in [7, 11) is 0. The van der Waals surface area contributed by atoms with E-state index in [9.17, 15) is 5.11 Å². The maximum atomic E-state index is 9.31. The number of nitrogens with one attached hydrogen (secondary N) is 1. The van der Waals surface area contributed by atoms with E-state index in [1.165, 1.54) is 32.1 Å². The molecule has 0 spiro atoms. The molecule has 0 aromatic carbocycles. The largest absolute Gasteiger partial charge is 0.392 e. The standard InChI is InChI=1S/C10H19NO/c12-10-6-9(11-7-10)5-8-3-1-2-4-8/h8-12H,1-7H2. The molecular formula is C10H19NO. The molecule has 2 rings (SSSR count). The van der Waals surface area contributed by atoms with Crippen molar-refractivity contribution in [3.63, 3.8) is 0 Å². The quantitative estimate of drug-likeness (QED) is 0.653. The molecule has 2 atom stereocenters. The van der Waals surface area contributed by atoms with Crippen LogP contribution < -0.4 is 5.32 Å². The Kier molecular flexibility index (Phi) is 2.66. The minimum atomic E-state index is -0.0728. The van der Waals surface area contributed by atoms with Gasteiger partial charge in [-0.05, 0) is 18.8 Å². The molecule has 1 aliphatic carbocycles. The zero-order valence-corrected chi connectivity index (χ0v) is 7.63. The molecule has 1 saturated carbocycles. The molecule has 0 aromatic heterocycles. The van der Waals surface area contributed by atoms with Gasteiger partial charge in [-0.3, -0.25) is 0 Å². The van der Waals surface area contributed by atoms with Gasteiger partial charge in [0.05, 0.1) is 6.10 Å². The molecule has 0 aromatic rings. The van der Waals surface area contributed by atoms with Crippen LogP contribution in [0, 0.1) is 5.92 Å². The van der Waals surface area contributed by atoms with Crippen LogP contribution in [0.1, 0.15) is 38.5 Å². The molecule has 1 heterocycles. The summed E-state index contributed by atoms with van der Waals surface area (Å²) >= 11 is 0. The maximum absolute atomic E-state index is 9.31. The Morgan fingerprint density at radius 2 is 2.00 bits per heavy atom. The van der Waals surface area contributed by atoms with Crippen LogP contribution in [0.3, 0.4) is 0 Å². The molecular weight excluding hydrogens is 150 g/mol. The van der Waals surface area contributed by atoms with Crippen molar-refractivity contribution in [1.29, 1.82) is 0 Å². The average molecular weight is 169 g/mol. The summed E-state index contributed by atoms with van der Waals surface area (Å²) in [5, 5.41) is 12.7. The van der Waals surface area contributed by atoms with E-state index in [1.54, 1.807) is 0 Å². The summed E-state index contributed by atoms with van der Waals surface area (Å²) in [4.78, 5) is 0. The predicted molar refractivity (Wildman–Crippen MR) is 49.0 cm³/mol. The van der Waals surface area contributed by atoms with Crippen molar-refractivity contribution in [3.8, 4) is 0 Å². The van der Waals surface area contributed by atoms with E-state index in [2.05, 4.69) is 5.32 Å². The number of hydrogen-bond acceptors (Lipinski definition) is 2. The second-order valence-corrected chi connectivity index (χ2v) is 4.38. The lowest BCUT2D eigenvalue weighted by atomic mass is 9.97. The van der Waals surface area contributed by atoms with Gasteiger partial charge in [-0.1, -0.05) is 25.7 Å². The highest BCUT2D eigenvalue weighted by Crippen LogP contribution is 2.30. The first kappa shape index (κ1) is 8.52. The van der Waals surface area contributed by atoms with Crippen molar-refractivity contribution in [2.24, 2.45) is 5.92 Å². The monoisotopic (exact) mass is 169 g/mol. The van der Waals surface area contributed by atoms with Crippen LogP contribution in [0.2, 0.25) is 0 Å². The summed E-state index contributed by atoms with van der Waals surface area (Å²) in [5.41, 5.74) is 0. The van der Waals surface area contributed by atoms with Gasteiger partial charge in [0.25, 0.3) is 0 Å². The molecule has 0 radical (unpaired) electrons. The molecule has 2 unspecified atom stereocenters. The van der Waals surface area contributed by atoms with Crippen molar-refractivity contribution in [2.45, 2.75) is 50.7 Å². The Hall–Kier alpha value is -0.0800. The van der Waals surface area contributed by atoms with Gasteiger partial charge in [0.15, 0.2) is 0 Å². The van der Waals surface area contributed by atoms with E-state index in [0.717, 1.165) is 18.9 Å². The van der Waals surface area contributed by atoms with Gasteiger partial charge in [0.2, 0.25) is 0 Å². The minimum absolute atomic E-state index is 0.0728. The third-order valence-electron chi connectivity index (χ3n) is 3.29. The van der Waals surface area contributed by atoms with Gasteiger partial charge in [0.1, 0.15) is 0 Å². The Morgan fingerprint density at radius 1 is 1.25 bits per heavy atom. The second-order valence-electron chi connectivity index (χ2n) is 4.38. The number of β-amino-alcohol motifs (C(OH)–C–C–N with tert-alkyl or cyclic N) is 1. The zero-order valence-electron chi connectivity index (χ0n) is 7.63. The Labute approximate surface area is 74.4 Å². The lowest BCUT2D eigenvalue weighted by Gasteiger charge is -2.14. The Morgan fingerprint density at radius 3 is 2.58 bits per heavy atom. The van der Waals surface area contributed by atoms with Crippen molar-refractivity contribution >= 4 is 0 Å². The van der Waals surface area contributed by atoms with Crippen molar-refractivity contribution in [1.82, 2.24) is 5.32 Å². The van der Waals surface area contributed by atoms with Gasteiger partial charge in [-0.2, -0.15) is 0 Å². The molecule has 2 N–H and O–H groups in total. The van der Waals surface area contributed by atoms with Crippen molar-refractivity contribution < 1.29 is 5.11 Å². The highest BCUT2D eigenvalue weighted by Gasteiger charge is 2.26. The van der Waals surface area contributed by atoms with E-state index in [-0.39, 0.29) is 6.10 Å². The minimum Gasteiger partial charge on any atom is -0.392 e. The van der Waals surface area contributed by atoms with Crippen LogP contribution in [0.25, 0.3) is 0 Å². The highest BCUT2D eigenvalue weighted by atomic mass is 16.3. The zero-order chi connectivity index (χ0) is 8.39. The molecule has 2 aliphatic rings. The van der Waals surface area contributed by atoms with Crippen LogP contribution >= 0.6 is 0 Å². The third-order valence-corrected chi connectivity index (χ3v) is 3.29. The van der Waals surface area contributed by atoms with Gasteiger partial charge >= 0.3 is 0 Å². The topological polar surface area (TPSA) is 32.3 Å². The molecule has 0 amide bonds. The summed E-state index contributed by atoms with van der Waals surface area (Å²) in [6.45, 7) is 0.817. The van der Waals surface area contributed by atoms with E-state index >= 15 is 0 Å². The maximum Gasteiger partial charge on any atom is 0.0679 e. The second kappa shape index (κ2) is 3.75. The highest BCUT2D eigenvalue weighted by molar-refractivity contribution is 4.84. The fourth-order valence-electron chi connectivity index (χ4n) is 2.63. The fraction of sp³-hybridized carbons (Fsp3) is 1.00. The van der Waals surface area contributed by atoms with Crippen LogP contribution in [0.5, 0.6) is 0 Å². The normalized spacial score (nSPS) is 37.8. The van der Waals surface area contributed by atoms with Crippen molar-refractivity contribution in [3.05, 3.63) is 0 Å². The van der Waals surface area contributed by atoms with Gasteiger partial charge in [-0.15, -0.1) is 0 Å². The first-order valence-corrected chi connectivity index (χ1v) is 5.26. The first-order valence-electron chi connectivity index (χ1n) is 5.26. The summed E-state index contributed by atoms with van der Waals surface area (Å²) in [6.07, 6.45) is 7.92. The molecule has 2 heteroatoms. The molecule has 2 fully saturated rings. The SMILES string of the molecule is OC1CNC(CC2CCCC2)C1. The van der Waals surface area contributed by atoms with E-state index in [1.807, 2.05) is 0 Å². The lowest BCUT2D eigenvalue weighted by molar-refractivity contribution is 0.191. The fourth-order valence-corrected chi connectivity index (χ4v) is 2.63. The van der Waals surface area contributed by atoms with Crippen LogP contribution in [-0.4, -0.2) is 23.8 Å². The number of aliphatic hydroxyl groups is 1.